The van der Waals surface area contributed by atoms with Gasteiger partial charge in [0.2, 0.25) is 11.8 Å². The van der Waals surface area contributed by atoms with Gasteiger partial charge in [-0.05, 0) is 31.9 Å². The van der Waals surface area contributed by atoms with Gasteiger partial charge < -0.3 is 24.1 Å². The van der Waals surface area contributed by atoms with Crippen LogP contribution in [0, 0.1) is 18.3 Å². The van der Waals surface area contributed by atoms with Crippen LogP contribution >= 0.6 is 0 Å². The minimum Gasteiger partial charge on any atom is -0.497 e. The zero-order chi connectivity index (χ0) is 20.8. The van der Waals surface area contributed by atoms with E-state index in [9.17, 15) is 4.79 Å². The van der Waals surface area contributed by atoms with Crippen LogP contribution in [0.2, 0.25) is 0 Å². The molecule has 2 aromatic rings. The first-order valence-electron chi connectivity index (χ1n) is 9.65. The Bertz CT molecular complexity index is 880. The molecule has 0 unspecified atom stereocenters. The van der Waals surface area contributed by atoms with Crippen LogP contribution in [0.4, 0.5) is 0 Å². The topological polar surface area (TPSA) is 101 Å². The van der Waals surface area contributed by atoms with Crippen molar-refractivity contribution >= 4 is 5.91 Å². The number of benzene rings is 1. The largest absolute Gasteiger partial charge is 0.497 e. The number of methoxy groups -OCH3 is 2. The van der Waals surface area contributed by atoms with Gasteiger partial charge in [0.05, 0.1) is 32.5 Å². The first kappa shape index (κ1) is 20.7. The molecule has 1 aromatic carbocycles. The molecule has 0 spiro atoms. The smallest absolute Gasteiger partial charge is 0.237 e. The lowest BCUT2D eigenvalue weighted by atomic mass is 10.2. The summed E-state index contributed by atoms with van der Waals surface area (Å²) in [7, 11) is 3.19. The molecule has 1 aliphatic rings. The summed E-state index contributed by atoms with van der Waals surface area (Å²) in [5.41, 5.74) is 1.60. The number of hydrogen-bond acceptors (Lipinski definition) is 7. The number of aryl methyl sites for hydroxylation is 1. The summed E-state index contributed by atoms with van der Waals surface area (Å²) in [5, 5.41) is 12.2. The molecule has 154 valence electrons. The maximum atomic E-state index is 12.3. The summed E-state index contributed by atoms with van der Waals surface area (Å²) >= 11 is 0. The number of oxazole rings is 1. The van der Waals surface area contributed by atoms with Gasteiger partial charge in [-0.2, -0.15) is 5.26 Å². The van der Waals surface area contributed by atoms with Crippen LogP contribution in [0.1, 0.15) is 24.3 Å². The van der Waals surface area contributed by atoms with Crippen molar-refractivity contribution in [2.45, 2.75) is 32.2 Å². The summed E-state index contributed by atoms with van der Waals surface area (Å²) in [6, 6.07) is 7.38. The SMILES string of the molecule is COc1cc(OC)cc(-c2nc(CCNCC(=O)N3CCC[C@H]3C#N)c(C)o2)c1. The minimum absolute atomic E-state index is 0.0323. The number of likely N-dealkylation sites (tertiary alicyclic amines) is 1. The minimum atomic E-state index is -0.288. The zero-order valence-corrected chi connectivity index (χ0v) is 17.0. The number of carbonyl (C=O) groups excluding carboxylic acids is 1. The Morgan fingerprint density at radius 2 is 2.07 bits per heavy atom. The molecule has 2 heterocycles. The van der Waals surface area contributed by atoms with Gasteiger partial charge in [0, 0.05) is 31.1 Å². The van der Waals surface area contributed by atoms with Gasteiger partial charge in [-0.25, -0.2) is 4.98 Å². The molecular weight excluding hydrogens is 372 g/mol. The van der Waals surface area contributed by atoms with Gasteiger partial charge in [0.15, 0.2) is 0 Å². The van der Waals surface area contributed by atoms with E-state index in [4.69, 9.17) is 19.2 Å². The van der Waals surface area contributed by atoms with Gasteiger partial charge in [-0.15, -0.1) is 0 Å². The summed E-state index contributed by atoms with van der Waals surface area (Å²) in [6.45, 7) is 3.34. The van der Waals surface area contributed by atoms with Crippen molar-refractivity contribution in [2.24, 2.45) is 0 Å². The predicted octanol–water partition coefficient (Wildman–Crippen LogP) is 2.31. The first-order chi connectivity index (χ1) is 14.0. The van der Waals surface area contributed by atoms with Gasteiger partial charge in [0.1, 0.15) is 23.3 Å². The van der Waals surface area contributed by atoms with Crippen LogP contribution in [0.3, 0.4) is 0 Å². The van der Waals surface area contributed by atoms with Gasteiger partial charge in [-0.1, -0.05) is 0 Å². The second kappa shape index (κ2) is 9.43. The van der Waals surface area contributed by atoms with E-state index < -0.39 is 0 Å². The van der Waals surface area contributed by atoms with E-state index in [0.717, 1.165) is 29.9 Å². The van der Waals surface area contributed by atoms with Crippen molar-refractivity contribution in [3.63, 3.8) is 0 Å². The van der Waals surface area contributed by atoms with E-state index >= 15 is 0 Å². The Balaban J connectivity index is 1.57. The monoisotopic (exact) mass is 398 g/mol. The van der Waals surface area contributed by atoms with E-state index in [1.165, 1.54) is 0 Å². The number of hydrogen-bond donors (Lipinski definition) is 1. The highest BCUT2D eigenvalue weighted by Gasteiger charge is 2.27. The normalized spacial score (nSPS) is 15.9. The Hall–Kier alpha value is -3.05. The summed E-state index contributed by atoms with van der Waals surface area (Å²) < 4.78 is 16.4. The van der Waals surface area contributed by atoms with Crippen LogP contribution in [0.25, 0.3) is 11.5 Å². The fourth-order valence-electron chi connectivity index (χ4n) is 3.42. The molecule has 3 rings (SSSR count). The lowest BCUT2D eigenvalue weighted by Gasteiger charge is -2.19. The number of nitrogens with one attached hydrogen (secondary N) is 1. The number of nitrogens with zero attached hydrogens (tertiary/aromatic N) is 3. The highest BCUT2D eigenvalue weighted by molar-refractivity contribution is 5.79. The zero-order valence-electron chi connectivity index (χ0n) is 17.0. The number of carbonyl (C=O) groups is 1. The average molecular weight is 398 g/mol. The molecule has 1 atom stereocenters. The quantitative estimate of drug-likeness (QED) is 0.681. The molecule has 8 heteroatoms. The molecular formula is C21H26N4O4. The van der Waals surface area contributed by atoms with Gasteiger partial charge in [0.25, 0.3) is 0 Å². The van der Waals surface area contributed by atoms with Crippen LogP contribution in [0.5, 0.6) is 11.5 Å². The maximum absolute atomic E-state index is 12.3. The van der Waals surface area contributed by atoms with Crippen molar-refractivity contribution in [3.05, 3.63) is 29.7 Å². The molecule has 0 saturated carbocycles. The molecule has 0 bridgehead atoms. The standard InChI is InChI=1S/C21H26N4O4/c1-14-19(6-7-23-13-20(26)25-8-4-5-16(25)12-22)24-21(29-14)15-9-17(27-2)11-18(10-15)28-3/h9-11,16,23H,4-8,13H2,1-3H3/t16-/m0/s1. The molecule has 0 aliphatic carbocycles. The lowest BCUT2D eigenvalue weighted by Crippen LogP contribution is -2.41. The molecule has 0 radical (unpaired) electrons. The molecule has 1 saturated heterocycles. The van der Waals surface area contributed by atoms with Crippen LogP contribution in [0.15, 0.2) is 22.6 Å². The number of ether oxygens (including phenoxy) is 2. The fraction of sp³-hybridized carbons (Fsp3) is 0.476. The number of nitriles is 1. The Labute approximate surface area is 170 Å². The predicted molar refractivity (Wildman–Crippen MR) is 107 cm³/mol. The van der Waals surface area contributed by atoms with Crippen LogP contribution < -0.4 is 14.8 Å². The Morgan fingerprint density at radius 1 is 1.34 bits per heavy atom. The highest BCUT2D eigenvalue weighted by Crippen LogP contribution is 2.30. The first-order valence-corrected chi connectivity index (χ1v) is 9.65. The van der Waals surface area contributed by atoms with E-state index in [0.29, 0.717) is 36.9 Å². The van der Waals surface area contributed by atoms with E-state index in [1.54, 1.807) is 25.2 Å². The summed E-state index contributed by atoms with van der Waals surface area (Å²) in [4.78, 5) is 18.5. The molecule has 1 N–H and O–H groups in total. The van der Waals surface area contributed by atoms with Crippen molar-refractivity contribution < 1.29 is 18.7 Å². The van der Waals surface area contributed by atoms with Crippen molar-refractivity contribution in [1.29, 1.82) is 5.26 Å². The molecule has 1 fully saturated rings. The second-order valence-electron chi connectivity index (χ2n) is 6.92. The van der Waals surface area contributed by atoms with Crippen molar-refractivity contribution in [1.82, 2.24) is 15.2 Å². The van der Waals surface area contributed by atoms with Gasteiger partial charge in [-0.3, -0.25) is 4.79 Å². The summed E-state index contributed by atoms with van der Waals surface area (Å²) in [6.07, 6.45) is 2.28. The molecule has 1 aliphatic heterocycles. The number of rotatable bonds is 8. The number of amides is 1. The van der Waals surface area contributed by atoms with E-state index in [1.807, 2.05) is 19.1 Å². The third kappa shape index (κ3) is 4.87. The van der Waals surface area contributed by atoms with Crippen molar-refractivity contribution in [3.8, 4) is 29.0 Å². The highest BCUT2D eigenvalue weighted by atomic mass is 16.5. The summed E-state index contributed by atoms with van der Waals surface area (Å²) in [5.74, 6) is 2.53. The lowest BCUT2D eigenvalue weighted by molar-refractivity contribution is -0.130. The third-order valence-electron chi connectivity index (χ3n) is 5.03. The fourth-order valence-corrected chi connectivity index (χ4v) is 3.42. The van der Waals surface area contributed by atoms with Crippen LogP contribution in [-0.4, -0.2) is 55.7 Å². The maximum Gasteiger partial charge on any atom is 0.237 e. The van der Waals surface area contributed by atoms with Crippen molar-refractivity contribution in [2.75, 3.05) is 33.9 Å². The van der Waals surface area contributed by atoms with E-state index in [-0.39, 0.29) is 18.5 Å². The second-order valence-corrected chi connectivity index (χ2v) is 6.92. The molecule has 29 heavy (non-hydrogen) atoms. The molecule has 1 aromatic heterocycles. The average Bonchev–Trinajstić information content (AvgIpc) is 3.37. The van der Waals surface area contributed by atoms with Gasteiger partial charge >= 0.3 is 0 Å². The molecule has 1 amide bonds. The molecule has 8 nitrogen and oxygen atoms in total. The number of aromatic nitrogens is 1. The third-order valence-corrected chi connectivity index (χ3v) is 5.03. The van der Waals surface area contributed by atoms with E-state index in [2.05, 4.69) is 16.4 Å². The Kier molecular flexibility index (Phi) is 6.73. The Morgan fingerprint density at radius 3 is 2.72 bits per heavy atom. The van der Waals surface area contributed by atoms with Crippen LogP contribution in [-0.2, 0) is 11.2 Å².